The monoisotopic (exact) mass is 412 g/mol. The van der Waals surface area contributed by atoms with Gasteiger partial charge in [0.1, 0.15) is 6.29 Å². The first kappa shape index (κ1) is 21.4. The first-order chi connectivity index (χ1) is 13.3. The van der Waals surface area contributed by atoms with Crippen LogP contribution in [-0.4, -0.2) is 64.4 Å². The van der Waals surface area contributed by atoms with E-state index >= 15 is 0 Å². The normalized spacial score (nSPS) is 32.5. The molecular formula is C20H28O7S. The fourth-order valence-corrected chi connectivity index (χ4v) is 5.72. The molecule has 1 unspecified atom stereocenters. The Balaban J connectivity index is 1.77. The van der Waals surface area contributed by atoms with E-state index in [9.17, 15) is 13.2 Å². The maximum absolute atomic E-state index is 12.9. The molecule has 5 atom stereocenters. The number of carbonyl (C=O) groups is 1. The fourth-order valence-electron chi connectivity index (χ4n) is 4.05. The highest BCUT2D eigenvalue weighted by Gasteiger charge is 2.48. The minimum atomic E-state index is -3.54. The third-order valence-electron chi connectivity index (χ3n) is 5.29. The van der Waals surface area contributed by atoms with E-state index < -0.39 is 33.8 Å². The van der Waals surface area contributed by atoms with Crippen molar-refractivity contribution in [3.8, 4) is 0 Å². The second-order valence-corrected chi connectivity index (χ2v) is 9.79. The number of aldehydes is 1. The Morgan fingerprint density at radius 2 is 1.93 bits per heavy atom. The van der Waals surface area contributed by atoms with Crippen molar-refractivity contribution in [2.24, 2.45) is 5.92 Å². The Bertz CT molecular complexity index is 762. The van der Waals surface area contributed by atoms with Crippen LogP contribution in [0.3, 0.4) is 0 Å². The second-order valence-electron chi connectivity index (χ2n) is 7.76. The van der Waals surface area contributed by atoms with Crippen molar-refractivity contribution in [2.45, 2.75) is 61.8 Å². The molecule has 0 spiro atoms. The number of ether oxygens (including phenoxy) is 4. The summed E-state index contributed by atoms with van der Waals surface area (Å²) < 4.78 is 49.0. The van der Waals surface area contributed by atoms with Gasteiger partial charge in [-0.15, -0.1) is 0 Å². The molecule has 8 heteroatoms. The molecule has 0 N–H and O–H groups in total. The van der Waals surface area contributed by atoms with Gasteiger partial charge in [-0.05, 0) is 26.0 Å². The average molecular weight is 413 g/mol. The van der Waals surface area contributed by atoms with Gasteiger partial charge in [0, 0.05) is 25.9 Å². The van der Waals surface area contributed by atoms with Crippen LogP contribution < -0.4 is 0 Å². The van der Waals surface area contributed by atoms with Gasteiger partial charge in [-0.1, -0.05) is 18.2 Å². The Labute approximate surface area is 166 Å². The van der Waals surface area contributed by atoms with Crippen molar-refractivity contribution in [1.82, 2.24) is 0 Å². The summed E-state index contributed by atoms with van der Waals surface area (Å²) in [4.78, 5) is 11.4. The first-order valence-electron chi connectivity index (χ1n) is 9.47. The molecule has 0 amide bonds. The Morgan fingerprint density at radius 3 is 2.50 bits per heavy atom. The van der Waals surface area contributed by atoms with E-state index in [1.54, 1.807) is 37.4 Å². The van der Waals surface area contributed by atoms with E-state index in [2.05, 4.69) is 0 Å². The van der Waals surface area contributed by atoms with E-state index in [1.165, 1.54) is 0 Å². The van der Waals surface area contributed by atoms with Gasteiger partial charge < -0.3 is 23.7 Å². The molecule has 2 aliphatic heterocycles. The van der Waals surface area contributed by atoms with Crippen molar-refractivity contribution in [3.63, 3.8) is 0 Å². The van der Waals surface area contributed by atoms with Crippen LogP contribution in [0.4, 0.5) is 0 Å². The molecule has 2 saturated heterocycles. The van der Waals surface area contributed by atoms with Gasteiger partial charge >= 0.3 is 0 Å². The van der Waals surface area contributed by atoms with Crippen molar-refractivity contribution in [1.29, 1.82) is 0 Å². The van der Waals surface area contributed by atoms with Gasteiger partial charge in [0.25, 0.3) is 0 Å². The summed E-state index contributed by atoms with van der Waals surface area (Å²) >= 11 is 0. The molecule has 0 bridgehead atoms. The van der Waals surface area contributed by atoms with Crippen LogP contribution in [0.1, 0.15) is 26.7 Å². The molecule has 3 rings (SSSR count). The predicted molar refractivity (Wildman–Crippen MR) is 102 cm³/mol. The van der Waals surface area contributed by atoms with Crippen molar-refractivity contribution >= 4 is 16.1 Å². The highest BCUT2D eigenvalue weighted by atomic mass is 32.2. The average Bonchev–Trinajstić information content (AvgIpc) is 3.15. The number of carbonyl (C=O) groups excluding carboxylic acids is 1. The molecule has 28 heavy (non-hydrogen) atoms. The number of benzene rings is 1. The number of hydrogen-bond acceptors (Lipinski definition) is 7. The maximum Gasteiger partial charge on any atom is 0.178 e. The van der Waals surface area contributed by atoms with Crippen LogP contribution in [0.5, 0.6) is 0 Å². The zero-order valence-electron chi connectivity index (χ0n) is 16.4. The Hall–Kier alpha value is -1.32. The molecule has 0 saturated carbocycles. The number of hydrogen-bond donors (Lipinski definition) is 0. The number of sulfone groups is 1. The van der Waals surface area contributed by atoms with Crippen molar-refractivity contribution in [3.05, 3.63) is 30.3 Å². The van der Waals surface area contributed by atoms with Gasteiger partial charge in [0.15, 0.2) is 15.6 Å². The summed E-state index contributed by atoms with van der Waals surface area (Å²) in [5.74, 6) is -1.23. The minimum Gasteiger partial charge on any atom is -0.378 e. The van der Waals surface area contributed by atoms with Gasteiger partial charge in [-0.25, -0.2) is 8.42 Å². The molecule has 1 aromatic rings. The van der Waals surface area contributed by atoms with E-state index in [4.69, 9.17) is 18.9 Å². The van der Waals surface area contributed by atoms with Gasteiger partial charge in [0.2, 0.25) is 0 Å². The highest BCUT2D eigenvalue weighted by Crippen LogP contribution is 2.37. The lowest BCUT2D eigenvalue weighted by Crippen LogP contribution is -2.36. The summed E-state index contributed by atoms with van der Waals surface area (Å²) in [5, 5.41) is 0. The van der Waals surface area contributed by atoms with Crippen LogP contribution >= 0.6 is 0 Å². The third kappa shape index (κ3) is 4.80. The van der Waals surface area contributed by atoms with Crippen LogP contribution in [0.2, 0.25) is 0 Å². The lowest BCUT2D eigenvalue weighted by Gasteiger charge is -2.24. The van der Waals surface area contributed by atoms with Crippen LogP contribution in [0, 0.1) is 5.92 Å². The minimum absolute atomic E-state index is 0.124. The topological polar surface area (TPSA) is 88.1 Å². The second kappa shape index (κ2) is 8.59. The number of rotatable bonds is 8. The van der Waals surface area contributed by atoms with E-state index in [0.29, 0.717) is 13.0 Å². The zero-order valence-corrected chi connectivity index (χ0v) is 17.3. The summed E-state index contributed by atoms with van der Waals surface area (Å²) in [6.07, 6.45) is -0.0949. The smallest absolute Gasteiger partial charge is 0.178 e. The summed E-state index contributed by atoms with van der Waals surface area (Å²) in [5.41, 5.74) is 0. The fraction of sp³-hybridized carbons (Fsp3) is 0.650. The summed E-state index contributed by atoms with van der Waals surface area (Å²) in [6.45, 7) is 4.14. The molecule has 2 aliphatic rings. The predicted octanol–water partition coefficient (Wildman–Crippen LogP) is 1.99. The van der Waals surface area contributed by atoms with Gasteiger partial charge in [0.05, 0.1) is 41.7 Å². The lowest BCUT2D eigenvalue weighted by molar-refractivity contribution is -0.144. The molecule has 2 fully saturated rings. The van der Waals surface area contributed by atoms with E-state index in [0.717, 1.165) is 6.29 Å². The zero-order chi connectivity index (χ0) is 20.4. The van der Waals surface area contributed by atoms with Crippen molar-refractivity contribution in [2.75, 3.05) is 19.5 Å². The Kier molecular flexibility index (Phi) is 6.56. The van der Waals surface area contributed by atoms with Crippen molar-refractivity contribution < 1.29 is 32.2 Å². The third-order valence-corrected chi connectivity index (χ3v) is 7.11. The molecule has 0 aromatic heterocycles. The largest absolute Gasteiger partial charge is 0.378 e. The summed E-state index contributed by atoms with van der Waals surface area (Å²) in [6, 6.07) is 8.30. The molecule has 0 radical (unpaired) electrons. The SMILES string of the molecule is CO[C@@H]1C(CS(=O)(=O)c2ccccc2)[C@H](CC=O)O[C@@H]1C[C@H]1COC(C)(C)O1. The van der Waals surface area contributed by atoms with Crippen LogP contribution in [-0.2, 0) is 33.6 Å². The van der Waals surface area contributed by atoms with Crippen LogP contribution in [0.25, 0.3) is 0 Å². The summed E-state index contributed by atoms with van der Waals surface area (Å²) in [7, 11) is -2.00. The standard InChI is InChI=1S/C20H28O7S/c1-20(2)25-12-14(27-20)11-18-19(24-3)16(17(26-18)9-10-21)13-28(22,23)15-7-5-4-6-8-15/h4-8,10,14,16-19H,9,11-13H2,1-3H3/t14-,16?,17-,18+,19+/m0/s1. The quantitative estimate of drug-likeness (QED) is 0.603. The molecule has 156 valence electrons. The first-order valence-corrected chi connectivity index (χ1v) is 11.1. The molecule has 0 aliphatic carbocycles. The highest BCUT2D eigenvalue weighted by molar-refractivity contribution is 7.91. The van der Waals surface area contributed by atoms with E-state index in [-0.39, 0.29) is 29.3 Å². The van der Waals surface area contributed by atoms with Gasteiger partial charge in [-0.2, -0.15) is 0 Å². The molecular weight excluding hydrogens is 384 g/mol. The van der Waals surface area contributed by atoms with E-state index in [1.807, 2.05) is 13.8 Å². The molecule has 7 nitrogen and oxygen atoms in total. The van der Waals surface area contributed by atoms with Gasteiger partial charge in [-0.3, -0.25) is 0 Å². The maximum atomic E-state index is 12.9. The molecule has 2 heterocycles. The lowest BCUT2D eigenvalue weighted by atomic mass is 9.94. The number of methoxy groups -OCH3 is 1. The Morgan fingerprint density at radius 1 is 1.21 bits per heavy atom. The molecule has 1 aromatic carbocycles. The van der Waals surface area contributed by atoms with Crippen LogP contribution in [0.15, 0.2) is 35.2 Å².